The van der Waals surface area contributed by atoms with Crippen LogP contribution in [0, 0.1) is 4.77 Å². The molecule has 5 aromatic rings. The van der Waals surface area contributed by atoms with E-state index in [0.717, 1.165) is 48.2 Å². The maximum Gasteiger partial charge on any atom is 0.267 e. The lowest BCUT2D eigenvalue weighted by Gasteiger charge is -2.32. The smallest absolute Gasteiger partial charge is 0.267 e. The van der Waals surface area contributed by atoms with Gasteiger partial charge in [0.2, 0.25) is 4.77 Å². The molecule has 0 spiro atoms. The third-order valence-corrected chi connectivity index (χ3v) is 8.57. The summed E-state index contributed by atoms with van der Waals surface area (Å²) in [6.07, 6.45) is 0. The Morgan fingerprint density at radius 3 is 2.36 bits per heavy atom. The number of H-pyrrole nitrogens is 1. The number of likely N-dealkylation sites (N-methyl/N-ethyl adjacent to an activating group) is 1. The number of nitrogens with two attached hydrogens (primary N) is 1. The van der Waals surface area contributed by atoms with Crippen LogP contribution in [-0.4, -0.2) is 90.1 Å². The van der Waals surface area contributed by atoms with Crippen LogP contribution in [-0.2, 0) is 6.54 Å². The number of methoxy groups -OCH3 is 2. The van der Waals surface area contributed by atoms with Gasteiger partial charge in [-0.3, -0.25) is 9.59 Å². The van der Waals surface area contributed by atoms with Crippen LogP contribution in [0.15, 0.2) is 60.7 Å². The fraction of sp³-hybridized carbons (Fsp3) is 0.273. The van der Waals surface area contributed by atoms with Gasteiger partial charge in [0, 0.05) is 67.2 Å². The van der Waals surface area contributed by atoms with Crippen molar-refractivity contribution in [1.29, 1.82) is 0 Å². The number of aromatic nitrogens is 3. The number of piperazine rings is 1. The van der Waals surface area contributed by atoms with Crippen LogP contribution >= 0.6 is 12.2 Å². The van der Waals surface area contributed by atoms with Crippen molar-refractivity contribution in [1.82, 2.24) is 29.7 Å². The van der Waals surface area contributed by atoms with E-state index in [0.29, 0.717) is 50.8 Å². The molecule has 45 heavy (non-hydrogen) atoms. The van der Waals surface area contributed by atoms with E-state index in [1.165, 1.54) is 0 Å². The van der Waals surface area contributed by atoms with Crippen molar-refractivity contribution in [2.45, 2.75) is 6.54 Å². The Morgan fingerprint density at radius 1 is 0.956 bits per heavy atom. The molecule has 0 saturated carbocycles. The molecule has 3 aromatic carbocycles. The number of carbonyl (C=O) groups excluding carboxylic acids is 2. The van der Waals surface area contributed by atoms with E-state index in [2.05, 4.69) is 27.2 Å². The Hall–Kier alpha value is -4.94. The molecule has 0 radical (unpaired) electrons. The first kappa shape index (κ1) is 30.1. The molecule has 6 rings (SSSR count). The Kier molecular flexibility index (Phi) is 8.42. The van der Waals surface area contributed by atoms with Crippen molar-refractivity contribution < 1.29 is 19.1 Å². The summed E-state index contributed by atoms with van der Waals surface area (Å²) in [6.45, 7) is 3.88. The Bertz CT molecular complexity index is 1960. The second-order valence-electron chi connectivity index (χ2n) is 11.1. The summed E-state index contributed by atoms with van der Waals surface area (Å²) in [5.41, 5.74) is 11.0. The Balaban J connectivity index is 1.12. The lowest BCUT2D eigenvalue weighted by Crippen LogP contribution is -2.47. The van der Waals surface area contributed by atoms with Crippen LogP contribution in [0.25, 0.3) is 32.9 Å². The van der Waals surface area contributed by atoms with Crippen LogP contribution < -0.4 is 20.5 Å². The van der Waals surface area contributed by atoms with E-state index in [9.17, 15) is 9.59 Å². The summed E-state index contributed by atoms with van der Waals surface area (Å²) in [4.78, 5) is 37.8. The molecule has 0 unspecified atom stereocenters. The number of nitrogens with one attached hydrogen (secondary N) is 2. The predicted molar refractivity (Wildman–Crippen MR) is 178 cm³/mol. The number of carbonyl (C=O) groups is 2. The number of aromatic amines is 1. The number of hydrogen-bond acceptors (Lipinski definition) is 8. The van der Waals surface area contributed by atoms with Crippen LogP contribution in [0.4, 0.5) is 5.82 Å². The quantitative estimate of drug-likeness (QED) is 0.217. The Labute approximate surface area is 265 Å². The van der Waals surface area contributed by atoms with Crippen molar-refractivity contribution in [3.05, 3.63) is 76.7 Å². The average molecular weight is 626 g/mol. The molecule has 1 saturated heterocycles. The monoisotopic (exact) mass is 625 g/mol. The average Bonchev–Trinajstić information content (AvgIpc) is 3.49. The zero-order valence-electron chi connectivity index (χ0n) is 25.4. The highest BCUT2D eigenvalue weighted by atomic mass is 32.1. The number of ether oxygens (including phenoxy) is 2. The van der Waals surface area contributed by atoms with E-state index in [1.54, 1.807) is 30.9 Å². The van der Waals surface area contributed by atoms with E-state index >= 15 is 0 Å². The summed E-state index contributed by atoms with van der Waals surface area (Å²) >= 11 is 5.49. The van der Waals surface area contributed by atoms with Gasteiger partial charge in [-0.25, -0.2) is 4.98 Å². The summed E-state index contributed by atoms with van der Waals surface area (Å²) in [7, 11) is 5.18. The summed E-state index contributed by atoms with van der Waals surface area (Å²) < 4.78 is 12.8. The highest BCUT2D eigenvalue weighted by Gasteiger charge is 2.20. The molecule has 3 heterocycles. The van der Waals surface area contributed by atoms with Gasteiger partial charge < -0.3 is 39.9 Å². The standard InChI is InChI=1S/C33H35N7O4S/c1-38-12-14-39(15-13-38)32(42)21-6-4-20(5-7-21)22-8-9-25-23(16-22)17-27(36-25)31(41)35-10-11-40-30(34)24-18-28(43-2)29(44-3)19-26(24)37-33(40)45/h4-9,16-19,36H,10-15,34H2,1-3H3,(H,35,41). The number of anilines is 1. The molecule has 232 valence electrons. The van der Waals surface area contributed by atoms with E-state index in [4.69, 9.17) is 27.4 Å². The van der Waals surface area contributed by atoms with Gasteiger partial charge in [0.05, 0.1) is 19.7 Å². The topological polar surface area (TPSA) is 131 Å². The van der Waals surface area contributed by atoms with Crippen LogP contribution in [0.1, 0.15) is 20.8 Å². The lowest BCUT2D eigenvalue weighted by atomic mass is 10.0. The minimum atomic E-state index is -0.246. The summed E-state index contributed by atoms with van der Waals surface area (Å²) in [5.74, 6) is 1.31. The van der Waals surface area contributed by atoms with E-state index < -0.39 is 0 Å². The second kappa shape index (κ2) is 12.6. The van der Waals surface area contributed by atoms with Crippen LogP contribution in [0.3, 0.4) is 0 Å². The largest absolute Gasteiger partial charge is 0.493 e. The SMILES string of the molecule is COc1cc2nc(=S)n(CCNC(=O)c3cc4cc(-c5ccc(C(=O)N6CCN(C)CC6)cc5)ccc4[nH]3)c(N)c2cc1OC. The summed E-state index contributed by atoms with van der Waals surface area (Å²) in [6, 6.07) is 19.0. The zero-order valence-corrected chi connectivity index (χ0v) is 26.2. The van der Waals surface area contributed by atoms with Crippen molar-refractivity contribution in [2.24, 2.45) is 0 Å². The van der Waals surface area contributed by atoms with Gasteiger partial charge in [0.1, 0.15) is 11.5 Å². The number of amides is 2. The first-order chi connectivity index (χ1) is 21.7. The van der Waals surface area contributed by atoms with Gasteiger partial charge in [0.25, 0.3) is 11.8 Å². The normalized spacial score (nSPS) is 13.7. The number of rotatable bonds is 8. The van der Waals surface area contributed by atoms with Crippen molar-refractivity contribution in [3.63, 3.8) is 0 Å². The molecule has 2 amide bonds. The molecule has 0 bridgehead atoms. The van der Waals surface area contributed by atoms with Gasteiger partial charge in [-0.05, 0) is 66.8 Å². The third kappa shape index (κ3) is 6.06. The van der Waals surface area contributed by atoms with E-state index in [-0.39, 0.29) is 18.4 Å². The van der Waals surface area contributed by atoms with Gasteiger partial charge in [-0.2, -0.15) is 0 Å². The fourth-order valence-electron chi connectivity index (χ4n) is 5.60. The number of fused-ring (bicyclic) bond motifs is 2. The number of benzene rings is 3. The summed E-state index contributed by atoms with van der Waals surface area (Å²) in [5, 5.41) is 4.52. The molecule has 0 aliphatic carbocycles. The zero-order chi connectivity index (χ0) is 31.7. The molecular formula is C33H35N7O4S. The fourth-order valence-corrected chi connectivity index (χ4v) is 5.89. The number of nitrogens with zero attached hydrogens (tertiary/aromatic N) is 4. The van der Waals surface area contributed by atoms with Gasteiger partial charge in [0.15, 0.2) is 11.5 Å². The molecule has 1 aliphatic rings. The molecule has 12 heteroatoms. The van der Waals surface area contributed by atoms with Crippen molar-refractivity contribution >= 4 is 51.7 Å². The van der Waals surface area contributed by atoms with E-state index in [1.807, 2.05) is 53.4 Å². The highest BCUT2D eigenvalue weighted by Crippen LogP contribution is 2.33. The molecule has 11 nitrogen and oxygen atoms in total. The Morgan fingerprint density at radius 2 is 1.64 bits per heavy atom. The molecule has 2 aromatic heterocycles. The molecule has 1 aliphatic heterocycles. The minimum absolute atomic E-state index is 0.0641. The molecule has 0 atom stereocenters. The van der Waals surface area contributed by atoms with Crippen LogP contribution in [0.5, 0.6) is 11.5 Å². The maximum atomic E-state index is 13.1. The highest BCUT2D eigenvalue weighted by molar-refractivity contribution is 7.71. The number of hydrogen-bond donors (Lipinski definition) is 3. The lowest BCUT2D eigenvalue weighted by molar-refractivity contribution is 0.0664. The maximum absolute atomic E-state index is 13.1. The third-order valence-electron chi connectivity index (χ3n) is 8.26. The first-order valence-corrected chi connectivity index (χ1v) is 15.1. The number of nitrogen functional groups attached to an aromatic ring is 1. The van der Waals surface area contributed by atoms with Gasteiger partial charge in [-0.1, -0.05) is 18.2 Å². The van der Waals surface area contributed by atoms with Crippen LogP contribution in [0.2, 0.25) is 0 Å². The molecule has 1 fully saturated rings. The van der Waals surface area contributed by atoms with Crippen molar-refractivity contribution in [2.75, 3.05) is 59.7 Å². The predicted octanol–water partition coefficient (Wildman–Crippen LogP) is 4.33. The van der Waals surface area contributed by atoms with Gasteiger partial charge in [-0.15, -0.1) is 0 Å². The van der Waals surface area contributed by atoms with Gasteiger partial charge >= 0.3 is 0 Å². The minimum Gasteiger partial charge on any atom is -0.493 e. The molecular weight excluding hydrogens is 590 g/mol. The molecule has 4 N–H and O–H groups in total. The first-order valence-electron chi connectivity index (χ1n) is 14.7. The second-order valence-corrected chi connectivity index (χ2v) is 11.4. The van der Waals surface area contributed by atoms with Crippen molar-refractivity contribution in [3.8, 4) is 22.6 Å².